The highest BCUT2D eigenvalue weighted by Gasteiger charge is 2.13. The van der Waals surface area contributed by atoms with Crippen LogP contribution in [0.3, 0.4) is 0 Å². The number of benzene rings is 1. The molecule has 0 heterocycles. The zero-order chi connectivity index (χ0) is 13.5. The number of hydrogen-bond acceptors (Lipinski definition) is 5. The van der Waals surface area contributed by atoms with E-state index < -0.39 is 0 Å². The van der Waals surface area contributed by atoms with Crippen LogP contribution in [-0.2, 0) is 11.3 Å². The number of hydrogen-bond donors (Lipinski definition) is 0. The monoisotopic (exact) mass is 253 g/mol. The molecule has 0 atom stereocenters. The Bertz CT molecular complexity index is 381. The van der Waals surface area contributed by atoms with Gasteiger partial charge in [-0.25, -0.2) is 0 Å². The molecule has 18 heavy (non-hydrogen) atoms. The minimum atomic E-state index is 0.386. The highest BCUT2D eigenvalue weighted by Crippen LogP contribution is 2.38. The Morgan fingerprint density at radius 2 is 1.67 bits per heavy atom. The lowest BCUT2D eigenvalue weighted by Gasteiger charge is -2.17. The van der Waals surface area contributed by atoms with E-state index in [2.05, 4.69) is 0 Å². The molecule has 0 N–H and O–H groups in total. The van der Waals surface area contributed by atoms with Crippen molar-refractivity contribution < 1.29 is 19.0 Å². The summed E-state index contributed by atoms with van der Waals surface area (Å²) in [6.45, 7) is 1.02. The van der Waals surface area contributed by atoms with Gasteiger partial charge in [0.2, 0.25) is 5.75 Å². The van der Waals surface area contributed by atoms with Crippen molar-refractivity contribution in [2.75, 3.05) is 34.9 Å². The number of carbonyl (C=O) groups is 1. The minimum absolute atomic E-state index is 0.386. The number of rotatable bonds is 7. The van der Waals surface area contributed by atoms with E-state index in [1.165, 1.54) is 0 Å². The Labute approximate surface area is 107 Å². The first-order valence-corrected chi connectivity index (χ1v) is 5.57. The van der Waals surface area contributed by atoms with Gasteiger partial charge in [0.25, 0.3) is 0 Å². The molecule has 0 spiro atoms. The van der Waals surface area contributed by atoms with Crippen molar-refractivity contribution in [3.63, 3.8) is 0 Å². The third-order valence-corrected chi connectivity index (χ3v) is 2.56. The van der Waals surface area contributed by atoms with Crippen LogP contribution >= 0.6 is 0 Å². The maximum absolute atomic E-state index is 10.4. The summed E-state index contributed by atoms with van der Waals surface area (Å²) >= 11 is 0. The smallest absolute Gasteiger partial charge is 0.203 e. The van der Waals surface area contributed by atoms with E-state index >= 15 is 0 Å². The lowest BCUT2D eigenvalue weighted by Crippen LogP contribution is -2.19. The quantitative estimate of drug-likeness (QED) is 0.686. The molecular weight excluding hydrogens is 234 g/mol. The fourth-order valence-corrected chi connectivity index (χ4v) is 1.73. The van der Waals surface area contributed by atoms with Crippen LogP contribution in [0.25, 0.3) is 0 Å². The van der Waals surface area contributed by atoms with Crippen molar-refractivity contribution >= 4 is 6.29 Å². The number of methoxy groups -OCH3 is 3. The number of ether oxygens (including phenoxy) is 3. The number of aldehydes is 1. The van der Waals surface area contributed by atoms with Crippen molar-refractivity contribution in [2.45, 2.75) is 6.54 Å². The second kappa shape index (κ2) is 6.86. The third kappa shape index (κ3) is 3.37. The summed E-state index contributed by atoms with van der Waals surface area (Å²) in [5.41, 5.74) is 0.994. The topological polar surface area (TPSA) is 48.0 Å². The van der Waals surface area contributed by atoms with Gasteiger partial charge in [-0.1, -0.05) is 0 Å². The van der Waals surface area contributed by atoms with Gasteiger partial charge in [-0.05, 0) is 24.7 Å². The SMILES string of the molecule is COc1cc(CN(C)CC=O)cc(OC)c1OC. The van der Waals surface area contributed by atoms with Gasteiger partial charge in [0.05, 0.1) is 27.9 Å². The lowest BCUT2D eigenvalue weighted by atomic mass is 10.1. The van der Waals surface area contributed by atoms with E-state index in [4.69, 9.17) is 14.2 Å². The van der Waals surface area contributed by atoms with Gasteiger partial charge in [0, 0.05) is 6.54 Å². The van der Waals surface area contributed by atoms with E-state index in [1.54, 1.807) is 21.3 Å². The first kappa shape index (κ1) is 14.3. The van der Waals surface area contributed by atoms with E-state index in [1.807, 2.05) is 24.1 Å². The molecule has 0 radical (unpaired) electrons. The summed E-state index contributed by atoms with van der Waals surface area (Å²) in [6, 6.07) is 3.76. The van der Waals surface area contributed by atoms with Crippen molar-refractivity contribution in [3.05, 3.63) is 17.7 Å². The molecule has 0 bridgehead atoms. The highest BCUT2D eigenvalue weighted by atomic mass is 16.5. The van der Waals surface area contributed by atoms with Crippen molar-refractivity contribution in [1.29, 1.82) is 0 Å². The summed E-state index contributed by atoms with van der Waals surface area (Å²) in [6.07, 6.45) is 0.873. The Morgan fingerprint density at radius 1 is 1.11 bits per heavy atom. The standard InChI is InChI=1S/C13H19NO4/c1-14(5-6-15)9-10-7-11(16-2)13(18-4)12(8-10)17-3/h6-8H,5,9H2,1-4H3. The Kier molecular flexibility index (Phi) is 5.45. The Morgan fingerprint density at radius 3 is 2.06 bits per heavy atom. The van der Waals surface area contributed by atoms with Crippen LogP contribution < -0.4 is 14.2 Å². The molecule has 1 aromatic carbocycles. The van der Waals surface area contributed by atoms with E-state index in [9.17, 15) is 4.79 Å². The molecule has 5 heteroatoms. The van der Waals surface area contributed by atoms with Gasteiger partial charge in [-0.3, -0.25) is 4.90 Å². The van der Waals surface area contributed by atoms with Gasteiger partial charge in [0.1, 0.15) is 6.29 Å². The summed E-state index contributed by atoms with van der Waals surface area (Å²) in [5, 5.41) is 0. The van der Waals surface area contributed by atoms with Crippen molar-refractivity contribution in [2.24, 2.45) is 0 Å². The molecule has 1 rings (SSSR count). The molecule has 0 saturated heterocycles. The maximum atomic E-state index is 10.4. The summed E-state index contributed by atoms with van der Waals surface area (Å²) in [4.78, 5) is 12.3. The Hall–Kier alpha value is -1.75. The largest absolute Gasteiger partial charge is 0.493 e. The zero-order valence-corrected chi connectivity index (χ0v) is 11.2. The van der Waals surface area contributed by atoms with Gasteiger partial charge >= 0.3 is 0 Å². The predicted molar refractivity (Wildman–Crippen MR) is 68.5 cm³/mol. The Balaban J connectivity index is 3.03. The van der Waals surface area contributed by atoms with Crippen molar-refractivity contribution in [1.82, 2.24) is 4.90 Å². The predicted octanol–water partition coefficient (Wildman–Crippen LogP) is 1.34. The fraction of sp³-hybridized carbons (Fsp3) is 0.462. The normalized spacial score (nSPS) is 10.3. The lowest BCUT2D eigenvalue weighted by molar-refractivity contribution is -0.108. The van der Waals surface area contributed by atoms with Crippen LogP contribution in [0.1, 0.15) is 5.56 Å². The first-order chi connectivity index (χ1) is 8.65. The third-order valence-electron chi connectivity index (χ3n) is 2.56. The molecule has 1 aromatic rings. The minimum Gasteiger partial charge on any atom is -0.493 e. The summed E-state index contributed by atoms with van der Waals surface area (Å²) in [7, 11) is 6.60. The molecule has 0 saturated carbocycles. The molecule has 0 unspecified atom stereocenters. The van der Waals surface area contributed by atoms with Crippen LogP contribution in [0, 0.1) is 0 Å². The molecule has 100 valence electrons. The van der Waals surface area contributed by atoms with Gasteiger partial charge in [-0.15, -0.1) is 0 Å². The van der Waals surface area contributed by atoms with Crippen LogP contribution in [0.15, 0.2) is 12.1 Å². The highest BCUT2D eigenvalue weighted by molar-refractivity contribution is 5.54. The number of likely N-dealkylation sites (N-methyl/N-ethyl adjacent to an activating group) is 1. The van der Waals surface area contributed by atoms with Crippen LogP contribution in [0.4, 0.5) is 0 Å². The van der Waals surface area contributed by atoms with E-state index in [0.717, 1.165) is 11.8 Å². The van der Waals surface area contributed by atoms with E-state index in [0.29, 0.717) is 30.3 Å². The second-order valence-electron chi connectivity index (χ2n) is 3.90. The maximum Gasteiger partial charge on any atom is 0.203 e. The van der Waals surface area contributed by atoms with Crippen molar-refractivity contribution in [3.8, 4) is 17.2 Å². The van der Waals surface area contributed by atoms with Gasteiger partial charge < -0.3 is 19.0 Å². The number of carbonyl (C=O) groups excluding carboxylic acids is 1. The molecule has 0 aliphatic rings. The van der Waals surface area contributed by atoms with Gasteiger partial charge in [-0.2, -0.15) is 0 Å². The van der Waals surface area contributed by atoms with Gasteiger partial charge in [0.15, 0.2) is 11.5 Å². The fourth-order valence-electron chi connectivity index (χ4n) is 1.73. The van der Waals surface area contributed by atoms with Crippen LogP contribution in [-0.4, -0.2) is 46.1 Å². The average Bonchev–Trinajstić information content (AvgIpc) is 2.37. The summed E-state index contributed by atoms with van der Waals surface area (Å²) in [5.74, 6) is 1.81. The number of nitrogens with zero attached hydrogens (tertiary/aromatic N) is 1. The molecule has 0 aromatic heterocycles. The van der Waals surface area contributed by atoms with Crippen LogP contribution in [0.5, 0.6) is 17.2 Å². The first-order valence-electron chi connectivity index (χ1n) is 5.57. The molecule has 0 fully saturated rings. The zero-order valence-electron chi connectivity index (χ0n) is 11.2. The molecule has 5 nitrogen and oxygen atoms in total. The van der Waals surface area contributed by atoms with Crippen LogP contribution in [0.2, 0.25) is 0 Å². The summed E-state index contributed by atoms with van der Waals surface area (Å²) < 4.78 is 15.8. The second-order valence-corrected chi connectivity index (χ2v) is 3.90. The molecule has 0 amide bonds. The molecule has 0 aliphatic carbocycles. The average molecular weight is 253 g/mol. The van der Waals surface area contributed by atoms with E-state index in [-0.39, 0.29) is 0 Å². The molecular formula is C13H19NO4. The molecule has 0 aliphatic heterocycles.